The van der Waals surface area contributed by atoms with Crippen molar-refractivity contribution in [1.29, 1.82) is 0 Å². The van der Waals surface area contributed by atoms with Crippen molar-refractivity contribution >= 4 is 33.2 Å². The van der Waals surface area contributed by atoms with Crippen LogP contribution >= 0.6 is 22.9 Å². The van der Waals surface area contributed by atoms with Gasteiger partial charge in [-0.15, -0.1) is 11.3 Å². The highest BCUT2D eigenvalue weighted by Crippen LogP contribution is 2.35. The number of hydrogen-bond acceptors (Lipinski definition) is 4. The van der Waals surface area contributed by atoms with Crippen molar-refractivity contribution in [2.45, 2.75) is 0 Å². The molecule has 0 atom stereocenters. The zero-order valence-corrected chi connectivity index (χ0v) is 12.1. The van der Waals surface area contributed by atoms with Gasteiger partial charge >= 0.3 is 0 Å². The van der Waals surface area contributed by atoms with Crippen molar-refractivity contribution in [2.24, 2.45) is 0 Å². The highest BCUT2D eigenvalue weighted by molar-refractivity contribution is 7.21. The fourth-order valence-electron chi connectivity index (χ4n) is 1.91. The summed E-state index contributed by atoms with van der Waals surface area (Å²) in [5.41, 5.74) is 1.86. The van der Waals surface area contributed by atoms with Crippen LogP contribution in [0.25, 0.3) is 20.8 Å². The van der Waals surface area contributed by atoms with E-state index in [1.165, 1.54) is 0 Å². The predicted octanol–water partition coefficient (Wildman–Crippen LogP) is 3.99. The number of ether oxygens (including phenoxy) is 1. The van der Waals surface area contributed by atoms with Crippen LogP contribution in [-0.2, 0) is 0 Å². The number of fused-ring (bicyclic) bond motifs is 1. The molecule has 20 heavy (non-hydrogen) atoms. The number of nitrogens with zero attached hydrogens (tertiary/aromatic N) is 1. The van der Waals surface area contributed by atoms with Gasteiger partial charge in [0.15, 0.2) is 0 Å². The molecule has 1 aromatic heterocycles. The molecule has 0 aliphatic carbocycles. The zero-order valence-electron chi connectivity index (χ0n) is 10.5. The quantitative estimate of drug-likeness (QED) is 0.792. The maximum absolute atomic E-state index is 8.77. The van der Waals surface area contributed by atoms with E-state index < -0.39 is 0 Å². The minimum absolute atomic E-state index is 0.00556. The Labute approximate surface area is 125 Å². The van der Waals surface area contributed by atoms with E-state index in [1.54, 1.807) is 11.3 Å². The second-order valence-electron chi connectivity index (χ2n) is 4.20. The van der Waals surface area contributed by atoms with E-state index >= 15 is 0 Å². The van der Waals surface area contributed by atoms with E-state index in [2.05, 4.69) is 4.98 Å². The SMILES string of the molecule is OCCOc1ccc2nc(-c3ccccc3Cl)sc2c1. The fourth-order valence-corrected chi connectivity index (χ4v) is 3.22. The molecular formula is C15H12ClNO2S. The average Bonchev–Trinajstić information content (AvgIpc) is 2.88. The smallest absolute Gasteiger partial charge is 0.126 e. The average molecular weight is 306 g/mol. The van der Waals surface area contributed by atoms with E-state index in [1.807, 2.05) is 42.5 Å². The van der Waals surface area contributed by atoms with E-state index in [0.717, 1.165) is 26.5 Å². The lowest BCUT2D eigenvalue weighted by Gasteiger charge is -2.02. The first-order chi connectivity index (χ1) is 9.78. The van der Waals surface area contributed by atoms with Crippen LogP contribution in [0.2, 0.25) is 5.02 Å². The van der Waals surface area contributed by atoms with Gasteiger partial charge in [-0.05, 0) is 24.3 Å². The zero-order chi connectivity index (χ0) is 13.9. The normalized spacial score (nSPS) is 10.9. The van der Waals surface area contributed by atoms with Gasteiger partial charge in [-0.1, -0.05) is 29.8 Å². The Morgan fingerprint density at radius 1 is 1.20 bits per heavy atom. The molecule has 1 heterocycles. The first kappa shape index (κ1) is 13.4. The molecule has 0 saturated carbocycles. The van der Waals surface area contributed by atoms with Crippen LogP contribution in [0, 0.1) is 0 Å². The highest BCUT2D eigenvalue weighted by atomic mass is 35.5. The Morgan fingerprint density at radius 2 is 2.05 bits per heavy atom. The molecular weight excluding hydrogens is 294 g/mol. The summed E-state index contributed by atoms with van der Waals surface area (Å²) in [4.78, 5) is 4.59. The molecule has 3 aromatic rings. The lowest BCUT2D eigenvalue weighted by atomic mass is 10.2. The van der Waals surface area contributed by atoms with Crippen LogP contribution in [0.4, 0.5) is 0 Å². The van der Waals surface area contributed by atoms with Crippen molar-refractivity contribution in [3.8, 4) is 16.3 Å². The molecule has 3 nitrogen and oxygen atoms in total. The number of thiazole rings is 1. The Hall–Kier alpha value is -1.62. The van der Waals surface area contributed by atoms with E-state index in [0.29, 0.717) is 11.6 Å². The standard InChI is InChI=1S/C15H12ClNO2S/c16-12-4-2-1-3-11(12)15-17-13-6-5-10(19-8-7-18)9-14(13)20-15/h1-6,9,18H,7-8H2. The van der Waals surface area contributed by atoms with Crippen LogP contribution in [0.5, 0.6) is 5.75 Å². The molecule has 0 amide bonds. The summed E-state index contributed by atoms with van der Waals surface area (Å²) in [6.45, 7) is 0.299. The first-order valence-corrected chi connectivity index (χ1v) is 7.36. The Kier molecular flexibility index (Phi) is 3.87. The maximum atomic E-state index is 8.77. The molecule has 0 saturated heterocycles. The number of benzene rings is 2. The van der Waals surface area contributed by atoms with E-state index in [9.17, 15) is 0 Å². The molecule has 1 N–H and O–H groups in total. The predicted molar refractivity (Wildman–Crippen MR) is 82.6 cm³/mol. The van der Waals surface area contributed by atoms with Gasteiger partial charge in [-0.2, -0.15) is 0 Å². The van der Waals surface area contributed by atoms with Crippen molar-refractivity contribution in [3.05, 3.63) is 47.5 Å². The second-order valence-corrected chi connectivity index (χ2v) is 5.64. The molecule has 0 fully saturated rings. The van der Waals surface area contributed by atoms with Crippen molar-refractivity contribution in [1.82, 2.24) is 4.98 Å². The molecule has 5 heteroatoms. The van der Waals surface area contributed by atoms with Gasteiger partial charge in [0.25, 0.3) is 0 Å². The lowest BCUT2D eigenvalue weighted by Crippen LogP contribution is -2.00. The minimum atomic E-state index is 0.00556. The Bertz CT molecular complexity index is 742. The van der Waals surface area contributed by atoms with E-state index in [-0.39, 0.29) is 6.61 Å². The second kappa shape index (κ2) is 5.79. The van der Waals surface area contributed by atoms with Gasteiger partial charge < -0.3 is 9.84 Å². The number of aliphatic hydroxyl groups excluding tert-OH is 1. The summed E-state index contributed by atoms with van der Waals surface area (Å²) in [7, 11) is 0. The third kappa shape index (κ3) is 2.63. The monoisotopic (exact) mass is 305 g/mol. The molecule has 2 aromatic carbocycles. The number of aliphatic hydroxyl groups is 1. The Morgan fingerprint density at radius 3 is 2.85 bits per heavy atom. The van der Waals surface area contributed by atoms with Gasteiger partial charge in [-0.25, -0.2) is 4.98 Å². The van der Waals surface area contributed by atoms with Crippen LogP contribution in [0.15, 0.2) is 42.5 Å². The fraction of sp³-hybridized carbons (Fsp3) is 0.133. The first-order valence-electron chi connectivity index (χ1n) is 6.17. The van der Waals surface area contributed by atoms with Crippen molar-refractivity contribution in [2.75, 3.05) is 13.2 Å². The van der Waals surface area contributed by atoms with Gasteiger partial charge in [-0.3, -0.25) is 0 Å². The number of rotatable bonds is 4. The van der Waals surface area contributed by atoms with Crippen LogP contribution in [0.3, 0.4) is 0 Å². The number of aromatic nitrogens is 1. The van der Waals surface area contributed by atoms with Gasteiger partial charge in [0.2, 0.25) is 0 Å². The molecule has 0 spiro atoms. The third-order valence-electron chi connectivity index (χ3n) is 2.82. The summed E-state index contributed by atoms with van der Waals surface area (Å²) in [6, 6.07) is 13.4. The molecule has 0 aliphatic rings. The topological polar surface area (TPSA) is 42.4 Å². The van der Waals surface area contributed by atoms with Crippen LogP contribution in [0.1, 0.15) is 0 Å². The molecule has 0 unspecified atom stereocenters. The number of halogens is 1. The molecule has 0 radical (unpaired) electrons. The molecule has 102 valence electrons. The summed E-state index contributed by atoms with van der Waals surface area (Å²) in [5, 5.41) is 10.4. The summed E-state index contributed by atoms with van der Waals surface area (Å²) >= 11 is 7.77. The van der Waals surface area contributed by atoms with Gasteiger partial charge in [0.05, 0.1) is 21.8 Å². The van der Waals surface area contributed by atoms with Gasteiger partial charge in [0.1, 0.15) is 17.4 Å². The van der Waals surface area contributed by atoms with Crippen molar-refractivity contribution < 1.29 is 9.84 Å². The van der Waals surface area contributed by atoms with Crippen LogP contribution in [-0.4, -0.2) is 23.3 Å². The van der Waals surface area contributed by atoms with Crippen molar-refractivity contribution in [3.63, 3.8) is 0 Å². The molecule has 3 rings (SSSR count). The van der Waals surface area contributed by atoms with Crippen LogP contribution < -0.4 is 4.74 Å². The summed E-state index contributed by atoms with van der Waals surface area (Å²) in [6.07, 6.45) is 0. The molecule has 0 bridgehead atoms. The lowest BCUT2D eigenvalue weighted by molar-refractivity contribution is 0.201. The molecule has 0 aliphatic heterocycles. The summed E-state index contributed by atoms with van der Waals surface area (Å²) < 4.78 is 6.44. The largest absolute Gasteiger partial charge is 0.491 e. The van der Waals surface area contributed by atoms with E-state index in [4.69, 9.17) is 21.4 Å². The highest BCUT2D eigenvalue weighted by Gasteiger charge is 2.09. The number of hydrogen-bond donors (Lipinski definition) is 1. The summed E-state index contributed by atoms with van der Waals surface area (Å²) in [5.74, 6) is 0.737. The van der Waals surface area contributed by atoms with Gasteiger partial charge in [0, 0.05) is 5.56 Å². The third-order valence-corrected chi connectivity index (χ3v) is 4.21. The minimum Gasteiger partial charge on any atom is -0.491 e. The maximum Gasteiger partial charge on any atom is 0.126 e. The Balaban J connectivity index is 2.00.